The van der Waals surface area contributed by atoms with Crippen LogP contribution in [0.2, 0.25) is 0 Å². The molecule has 6 rings (SSSR count). The minimum Gasteiger partial charge on any atom is -0.382 e. The molecule has 2 aliphatic heterocycles. The first-order valence-electron chi connectivity index (χ1n) is 15.4. The van der Waals surface area contributed by atoms with E-state index >= 15 is 0 Å². The number of nitrogens with zero attached hydrogens (tertiary/aromatic N) is 8. The molecule has 268 valence electrons. The summed E-state index contributed by atoms with van der Waals surface area (Å²) in [6, 6.07) is 0. The Morgan fingerprint density at radius 3 is 1.88 bits per heavy atom. The molecular weight excluding hydrogens is 688 g/mol. The average molecular weight is 728 g/mol. The molecule has 2 aliphatic rings. The van der Waals surface area contributed by atoms with Crippen LogP contribution in [0.15, 0.2) is 25.3 Å². The largest absolute Gasteiger partial charge is 0.415 e. The predicted octanol–water partition coefficient (Wildman–Crippen LogP) is 1.82. The Morgan fingerprint density at radius 1 is 0.837 bits per heavy atom. The van der Waals surface area contributed by atoms with Crippen LogP contribution >= 0.6 is 15.5 Å². The zero-order chi connectivity index (χ0) is 35.1. The van der Waals surface area contributed by atoms with Gasteiger partial charge < -0.3 is 40.2 Å². The summed E-state index contributed by atoms with van der Waals surface area (Å²) in [5.74, 6) is 0.375. The summed E-state index contributed by atoms with van der Waals surface area (Å²) in [6.45, 7) is 6.91. The third-order valence-electron chi connectivity index (χ3n) is 7.73. The fourth-order valence-electron chi connectivity index (χ4n) is 5.69. The van der Waals surface area contributed by atoms with Crippen molar-refractivity contribution in [2.75, 3.05) is 24.7 Å². The summed E-state index contributed by atoms with van der Waals surface area (Å²) in [5, 5.41) is 0. The van der Waals surface area contributed by atoms with Crippen molar-refractivity contribution >= 4 is 49.5 Å². The van der Waals surface area contributed by atoms with Crippen LogP contribution in [-0.4, -0.2) is 98.7 Å². The topological polar surface area (TPSA) is 281 Å². The number of nitrogens with two attached hydrogens (primary N) is 2. The average Bonchev–Trinajstić information content (AvgIpc) is 3.79. The van der Waals surface area contributed by atoms with Crippen LogP contribution in [-0.2, 0) is 37.1 Å². The number of hydrogen-bond donors (Lipinski definition) is 5. The molecule has 23 heteroatoms. The molecule has 0 bridgehead atoms. The number of nitrogens with one attached hydrogen (secondary N) is 1. The van der Waals surface area contributed by atoms with Crippen molar-refractivity contribution in [3.05, 3.63) is 25.3 Å². The Kier molecular flexibility index (Phi) is 10.3. The number of ether oxygens (including phenoxy) is 4. The summed E-state index contributed by atoms with van der Waals surface area (Å²) in [6.07, 6.45) is 0.832. The van der Waals surface area contributed by atoms with Gasteiger partial charge in [0.15, 0.2) is 22.9 Å². The Bertz CT molecular complexity index is 1870. The quantitative estimate of drug-likeness (QED) is 0.116. The van der Waals surface area contributed by atoms with E-state index in [0.717, 1.165) is 0 Å². The minimum absolute atomic E-state index is 0.00312. The molecule has 7 atom stereocenters. The first-order chi connectivity index (χ1) is 23.2. The highest BCUT2D eigenvalue weighted by atomic mass is 31.3. The predicted molar refractivity (Wildman–Crippen MR) is 171 cm³/mol. The highest BCUT2D eigenvalue weighted by molar-refractivity contribution is 7.66. The normalized spacial score (nSPS) is 26.0. The Balaban J connectivity index is 1.23. The maximum absolute atomic E-state index is 14.2. The molecule has 0 aromatic carbocycles. The summed E-state index contributed by atoms with van der Waals surface area (Å²) >= 11 is 0. The van der Waals surface area contributed by atoms with Crippen LogP contribution in [0.3, 0.4) is 0 Å². The van der Waals surface area contributed by atoms with Crippen LogP contribution in [0.4, 0.5) is 11.6 Å². The van der Waals surface area contributed by atoms with Crippen LogP contribution < -0.4 is 16.3 Å². The van der Waals surface area contributed by atoms with Gasteiger partial charge in [-0.05, 0) is 27.7 Å². The molecule has 0 spiro atoms. The number of hydrogen-bond acceptors (Lipinski definition) is 16. The maximum Gasteiger partial charge on any atom is 0.415 e. The maximum atomic E-state index is 14.2. The summed E-state index contributed by atoms with van der Waals surface area (Å²) in [5.41, 5.74) is 13.5. The van der Waals surface area contributed by atoms with Crippen LogP contribution in [0.5, 0.6) is 0 Å². The number of nitrogen functional groups attached to an aromatic ring is 2. The van der Waals surface area contributed by atoms with Crippen LogP contribution in [0.25, 0.3) is 22.3 Å². The lowest BCUT2D eigenvalue weighted by molar-refractivity contribution is -0.0787. The van der Waals surface area contributed by atoms with E-state index in [2.05, 4.69) is 29.9 Å². The second kappa shape index (κ2) is 14.2. The molecule has 2 fully saturated rings. The fourth-order valence-corrected chi connectivity index (χ4v) is 8.37. The van der Waals surface area contributed by atoms with E-state index in [0.29, 0.717) is 28.7 Å². The standard InChI is InChI=1S/C26H39N11O10P2/c1-13(2)42-7-17-16(6-20(45-17)37-12-34-22-24(28)30-10-32-26(22)37)47-49(41,35-48(38,39)40)43-8-18-15(44-14(3)4)5-19(46-18)36-11-33-21-23(27)29-9-31-25(21)36/h9-20H,5-8H2,1-4H3,(H2,27,29,31)(H2,28,30,32)(H3,35,38,39,40,41)/t15-,16-,17-,18?,19?,20?,49?/m1/s1. The molecule has 0 radical (unpaired) electrons. The van der Waals surface area contributed by atoms with E-state index in [4.69, 9.17) is 39.5 Å². The van der Waals surface area contributed by atoms with Gasteiger partial charge in [-0.2, -0.15) is 0 Å². The molecule has 2 saturated heterocycles. The number of anilines is 2. The van der Waals surface area contributed by atoms with Gasteiger partial charge in [0, 0.05) is 12.8 Å². The van der Waals surface area contributed by atoms with Gasteiger partial charge in [0.05, 0.1) is 44.2 Å². The van der Waals surface area contributed by atoms with Gasteiger partial charge in [0.2, 0.25) is 0 Å². The number of rotatable bonds is 14. The molecule has 49 heavy (non-hydrogen) atoms. The number of aromatic nitrogens is 8. The van der Waals surface area contributed by atoms with Gasteiger partial charge in [-0.15, -0.1) is 4.86 Å². The zero-order valence-electron chi connectivity index (χ0n) is 27.0. The third-order valence-corrected chi connectivity index (χ3v) is 10.8. The van der Waals surface area contributed by atoms with Crippen molar-refractivity contribution in [3.63, 3.8) is 0 Å². The first kappa shape index (κ1) is 35.6. The van der Waals surface area contributed by atoms with Crippen molar-refractivity contribution < 1.29 is 46.9 Å². The first-order valence-corrected chi connectivity index (χ1v) is 18.6. The lowest BCUT2D eigenvalue weighted by atomic mass is 10.2. The SMILES string of the molecule is CC(C)OC[C@H]1OC(n2cnc3c(N)ncnc32)C[C@H]1OP(=O)(NP(=O)(O)O)OCC1OC(n2cnc3c(N)ncnc32)C[C@H]1OC(C)C. The summed E-state index contributed by atoms with van der Waals surface area (Å²) in [7, 11) is -9.95. The molecule has 0 saturated carbocycles. The van der Waals surface area contributed by atoms with Crippen molar-refractivity contribution in [1.29, 1.82) is 0 Å². The van der Waals surface area contributed by atoms with Crippen molar-refractivity contribution in [2.24, 2.45) is 0 Å². The van der Waals surface area contributed by atoms with Crippen molar-refractivity contribution in [2.45, 2.75) is 89.6 Å². The second-order valence-corrected chi connectivity index (χ2v) is 15.4. The molecule has 6 heterocycles. The monoisotopic (exact) mass is 727 g/mol. The number of fused-ring (bicyclic) bond motifs is 2. The fraction of sp³-hybridized carbons (Fsp3) is 0.615. The molecule has 4 aromatic rings. The molecule has 4 unspecified atom stereocenters. The van der Waals surface area contributed by atoms with Gasteiger partial charge in [-0.1, -0.05) is 0 Å². The van der Waals surface area contributed by atoms with Crippen LogP contribution in [0.1, 0.15) is 53.0 Å². The lowest BCUT2D eigenvalue weighted by Crippen LogP contribution is -2.34. The van der Waals surface area contributed by atoms with E-state index in [1.165, 1.54) is 25.3 Å². The summed E-state index contributed by atoms with van der Waals surface area (Å²) < 4.78 is 65.7. The Labute approximate surface area is 279 Å². The van der Waals surface area contributed by atoms with E-state index in [1.807, 2.05) is 27.7 Å². The molecule has 7 N–H and O–H groups in total. The van der Waals surface area contributed by atoms with Crippen molar-refractivity contribution in [1.82, 2.24) is 43.9 Å². The minimum atomic E-state index is -5.17. The van der Waals surface area contributed by atoms with Gasteiger partial charge >= 0.3 is 15.5 Å². The van der Waals surface area contributed by atoms with E-state index < -0.39 is 59.0 Å². The Morgan fingerprint density at radius 2 is 1.37 bits per heavy atom. The van der Waals surface area contributed by atoms with E-state index in [-0.39, 0.29) is 36.9 Å². The molecule has 0 amide bonds. The summed E-state index contributed by atoms with van der Waals surface area (Å²) in [4.78, 5) is 46.5. The molecule has 0 aliphatic carbocycles. The van der Waals surface area contributed by atoms with Gasteiger partial charge in [0.25, 0.3) is 0 Å². The molecular formula is C26H39N11O10P2. The van der Waals surface area contributed by atoms with Gasteiger partial charge in [-0.25, -0.2) is 39.0 Å². The van der Waals surface area contributed by atoms with Crippen molar-refractivity contribution in [3.8, 4) is 0 Å². The lowest BCUT2D eigenvalue weighted by Gasteiger charge is -2.27. The third kappa shape index (κ3) is 8.08. The van der Waals surface area contributed by atoms with E-state index in [1.54, 1.807) is 14.0 Å². The van der Waals surface area contributed by atoms with E-state index in [9.17, 15) is 18.9 Å². The second-order valence-electron chi connectivity index (χ2n) is 12.1. The smallest absolute Gasteiger partial charge is 0.382 e. The number of imidazole rings is 2. The van der Waals surface area contributed by atoms with Gasteiger partial charge in [0.1, 0.15) is 54.5 Å². The highest BCUT2D eigenvalue weighted by Crippen LogP contribution is 2.56. The highest BCUT2D eigenvalue weighted by Gasteiger charge is 2.46. The van der Waals surface area contributed by atoms with Gasteiger partial charge in [-0.3, -0.25) is 18.2 Å². The molecule has 4 aromatic heterocycles. The zero-order valence-corrected chi connectivity index (χ0v) is 28.8. The molecule has 21 nitrogen and oxygen atoms in total. The van der Waals surface area contributed by atoms with Crippen LogP contribution in [0, 0.1) is 0 Å². The Hall–Kier alpha value is -3.20.